The van der Waals surface area contributed by atoms with Gasteiger partial charge in [-0.1, -0.05) is 13.0 Å². The summed E-state index contributed by atoms with van der Waals surface area (Å²) < 4.78 is 5.40. The maximum atomic E-state index is 13.2. The summed E-state index contributed by atoms with van der Waals surface area (Å²) in [6, 6.07) is 9.34. The minimum Gasteiger partial charge on any atom is -0.379 e. The summed E-state index contributed by atoms with van der Waals surface area (Å²) in [7, 11) is 0. The number of rotatable bonds is 8. The van der Waals surface area contributed by atoms with Crippen LogP contribution in [0.2, 0.25) is 0 Å². The molecule has 2 amide bonds. The zero-order valence-electron chi connectivity index (χ0n) is 19.3. The molecule has 2 fully saturated rings. The topological polar surface area (TPSA) is 73.9 Å². The molecule has 2 saturated heterocycles. The first kappa shape index (κ1) is 23.7. The van der Waals surface area contributed by atoms with Gasteiger partial charge >= 0.3 is 0 Å². The standard InChI is InChI=1S/C25H34N4O3S/c1-19-7-11-29(12-8-19)22-6-5-20(27-25(31)23-4-2-17-33-23)18-21(22)24(30)26-9-3-10-28-13-15-32-16-14-28/h2,4-6,17-19H,3,7-16H2,1H3,(H,26,30)(H,27,31). The average molecular weight is 471 g/mol. The third kappa shape index (κ3) is 6.56. The quantitative estimate of drug-likeness (QED) is 0.576. The van der Waals surface area contributed by atoms with E-state index in [0.717, 1.165) is 70.9 Å². The van der Waals surface area contributed by atoms with Crippen molar-refractivity contribution in [1.82, 2.24) is 10.2 Å². The van der Waals surface area contributed by atoms with Gasteiger partial charge in [-0.05, 0) is 61.4 Å². The van der Waals surface area contributed by atoms with Crippen LogP contribution in [0.1, 0.15) is 46.2 Å². The van der Waals surface area contributed by atoms with Gasteiger partial charge in [-0.3, -0.25) is 14.5 Å². The van der Waals surface area contributed by atoms with E-state index in [2.05, 4.69) is 27.4 Å². The molecule has 2 N–H and O–H groups in total. The van der Waals surface area contributed by atoms with E-state index in [-0.39, 0.29) is 11.8 Å². The number of nitrogens with zero attached hydrogens (tertiary/aromatic N) is 2. The van der Waals surface area contributed by atoms with Gasteiger partial charge < -0.3 is 20.3 Å². The van der Waals surface area contributed by atoms with Crippen LogP contribution < -0.4 is 15.5 Å². The molecular formula is C25H34N4O3S. The molecule has 178 valence electrons. The molecule has 0 spiro atoms. The molecule has 2 aliphatic heterocycles. The SMILES string of the molecule is CC1CCN(c2ccc(NC(=O)c3cccs3)cc2C(=O)NCCCN2CCOCC2)CC1. The predicted octanol–water partition coefficient (Wildman–Crippen LogP) is 3.69. The van der Waals surface area contributed by atoms with Crippen molar-refractivity contribution in [3.63, 3.8) is 0 Å². The molecule has 1 aromatic heterocycles. The highest BCUT2D eigenvalue weighted by Crippen LogP contribution is 2.29. The highest BCUT2D eigenvalue weighted by molar-refractivity contribution is 7.12. The predicted molar refractivity (Wildman–Crippen MR) is 134 cm³/mol. The van der Waals surface area contributed by atoms with E-state index in [1.807, 2.05) is 29.6 Å². The first-order valence-electron chi connectivity index (χ1n) is 11.9. The zero-order chi connectivity index (χ0) is 23.0. The molecule has 4 rings (SSSR count). The van der Waals surface area contributed by atoms with Gasteiger partial charge in [-0.15, -0.1) is 11.3 Å². The lowest BCUT2D eigenvalue weighted by atomic mass is 9.97. The van der Waals surface area contributed by atoms with Crippen molar-refractivity contribution in [2.24, 2.45) is 5.92 Å². The summed E-state index contributed by atoms with van der Waals surface area (Å²) in [4.78, 5) is 31.0. The van der Waals surface area contributed by atoms with Crippen LogP contribution in [0.15, 0.2) is 35.7 Å². The molecule has 0 aliphatic carbocycles. The second-order valence-corrected chi connectivity index (χ2v) is 9.84. The van der Waals surface area contributed by atoms with Crippen LogP contribution in [0, 0.1) is 5.92 Å². The van der Waals surface area contributed by atoms with Crippen LogP contribution in [0.4, 0.5) is 11.4 Å². The van der Waals surface area contributed by atoms with Crippen molar-refractivity contribution < 1.29 is 14.3 Å². The number of nitrogens with one attached hydrogen (secondary N) is 2. The lowest BCUT2D eigenvalue weighted by Gasteiger charge is -2.33. The van der Waals surface area contributed by atoms with Gasteiger partial charge in [0.2, 0.25) is 0 Å². The number of morpholine rings is 1. The van der Waals surface area contributed by atoms with Gasteiger partial charge in [0.1, 0.15) is 0 Å². The van der Waals surface area contributed by atoms with Crippen LogP contribution in [-0.2, 0) is 4.74 Å². The second-order valence-electron chi connectivity index (χ2n) is 8.90. The number of benzene rings is 1. The van der Waals surface area contributed by atoms with E-state index in [4.69, 9.17) is 4.74 Å². The first-order chi connectivity index (χ1) is 16.1. The number of hydrogen-bond donors (Lipinski definition) is 2. The van der Waals surface area contributed by atoms with E-state index in [9.17, 15) is 9.59 Å². The monoisotopic (exact) mass is 470 g/mol. The van der Waals surface area contributed by atoms with Crippen LogP contribution >= 0.6 is 11.3 Å². The van der Waals surface area contributed by atoms with Crippen LogP contribution in [0.5, 0.6) is 0 Å². The molecule has 0 radical (unpaired) electrons. The van der Waals surface area contributed by atoms with Gasteiger partial charge in [-0.2, -0.15) is 0 Å². The van der Waals surface area contributed by atoms with E-state index in [1.54, 1.807) is 6.07 Å². The largest absolute Gasteiger partial charge is 0.379 e. The minimum absolute atomic E-state index is 0.0853. The number of ether oxygens (including phenoxy) is 1. The summed E-state index contributed by atoms with van der Waals surface area (Å²) in [6.45, 7) is 9.23. The van der Waals surface area contributed by atoms with Crippen molar-refractivity contribution in [2.45, 2.75) is 26.2 Å². The summed E-state index contributed by atoms with van der Waals surface area (Å²) in [5, 5.41) is 7.92. The zero-order valence-corrected chi connectivity index (χ0v) is 20.2. The molecule has 8 heteroatoms. The minimum atomic E-state index is -0.151. The molecule has 0 unspecified atom stereocenters. The fraction of sp³-hybridized carbons (Fsp3) is 0.520. The van der Waals surface area contributed by atoms with E-state index < -0.39 is 0 Å². The fourth-order valence-electron chi connectivity index (χ4n) is 4.35. The molecule has 33 heavy (non-hydrogen) atoms. The third-order valence-corrected chi connectivity index (χ3v) is 7.28. The maximum absolute atomic E-state index is 13.2. The van der Waals surface area contributed by atoms with Crippen molar-refractivity contribution in [3.05, 3.63) is 46.2 Å². The molecule has 0 saturated carbocycles. The van der Waals surface area contributed by atoms with E-state index in [0.29, 0.717) is 28.6 Å². The normalized spacial score (nSPS) is 17.7. The molecular weight excluding hydrogens is 436 g/mol. The van der Waals surface area contributed by atoms with E-state index in [1.165, 1.54) is 11.3 Å². The van der Waals surface area contributed by atoms with Crippen molar-refractivity contribution >= 4 is 34.5 Å². The Morgan fingerprint density at radius 2 is 1.88 bits per heavy atom. The number of carbonyl (C=O) groups excluding carboxylic acids is 2. The number of thiophene rings is 1. The Bertz CT molecular complexity index is 920. The maximum Gasteiger partial charge on any atom is 0.265 e. The smallest absolute Gasteiger partial charge is 0.265 e. The Labute approximate surface area is 200 Å². The lowest BCUT2D eigenvalue weighted by Crippen LogP contribution is -2.38. The highest BCUT2D eigenvalue weighted by atomic mass is 32.1. The van der Waals surface area contributed by atoms with Crippen LogP contribution in [0.3, 0.4) is 0 Å². The van der Waals surface area contributed by atoms with Crippen LogP contribution in [0.25, 0.3) is 0 Å². The Kier molecular flexibility index (Phi) is 8.36. The summed E-state index contributed by atoms with van der Waals surface area (Å²) in [5.41, 5.74) is 2.21. The molecule has 1 aromatic carbocycles. The molecule has 3 heterocycles. The average Bonchev–Trinajstić information content (AvgIpc) is 3.38. The highest BCUT2D eigenvalue weighted by Gasteiger charge is 2.22. The fourth-order valence-corrected chi connectivity index (χ4v) is 4.96. The number of anilines is 2. The summed E-state index contributed by atoms with van der Waals surface area (Å²) in [5.74, 6) is 0.474. The number of carbonyl (C=O) groups is 2. The Morgan fingerprint density at radius 3 is 2.61 bits per heavy atom. The summed E-state index contributed by atoms with van der Waals surface area (Å²) in [6.07, 6.45) is 3.14. The number of piperidine rings is 1. The Balaban J connectivity index is 1.43. The van der Waals surface area contributed by atoms with Gasteiger partial charge in [-0.25, -0.2) is 0 Å². The molecule has 0 bridgehead atoms. The molecule has 7 nitrogen and oxygen atoms in total. The lowest BCUT2D eigenvalue weighted by molar-refractivity contribution is 0.0374. The van der Waals surface area contributed by atoms with Crippen molar-refractivity contribution in [3.8, 4) is 0 Å². The molecule has 2 aliphatic rings. The van der Waals surface area contributed by atoms with Crippen molar-refractivity contribution in [2.75, 3.05) is 62.7 Å². The summed E-state index contributed by atoms with van der Waals surface area (Å²) >= 11 is 1.40. The first-order valence-corrected chi connectivity index (χ1v) is 12.8. The number of amides is 2. The third-order valence-electron chi connectivity index (χ3n) is 6.41. The van der Waals surface area contributed by atoms with Gasteiger partial charge in [0.05, 0.1) is 23.7 Å². The van der Waals surface area contributed by atoms with Gasteiger partial charge in [0, 0.05) is 44.1 Å². The van der Waals surface area contributed by atoms with Gasteiger partial charge in [0.15, 0.2) is 0 Å². The van der Waals surface area contributed by atoms with Crippen molar-refractivity contribution in [1.29, 1.82) is 0 Å². The van der Waals surface area contributed by atoms with Gasteiger partial charge in [0.25, 0.3) is 11.8 Å². The van der Waals surface area contributed by atoms with Crippen LogP contribution in [-0.4, -0.2) is 69.2 Å². The van der Waals surface area contributed by atoms with E-state index >= 15 is 0 Å². The molecule has 2 aromatic rings. The Hall–Kier alpha value is -2.42. The Morgan fingerprint density at radius 1 is 1.09 bits per heavy atom. The molecule has 0 atom stereocenters. The number of hydrogen-bond acceptors (Lipinski definition) is 6. The second kappa shape index (κ2) is 11.6.